The van der Waals surface area contributed by atoms with Crippen molar-refractivity contribution in [3.63, 3.8) is 0 Å². The number of fused-ring (bicyclic) bond motifs is 1. The topological polar surface area (TPSA) is 58.6 Å². The van der Waals surface area contributed by atoms with Crippen LogP contribution in [0.1, 0.15) is 34.4 Å². The second-order valence-corrected chi connectivity index (χ2v) is 7.38. The van der Waals surface area contributed by atoms with Crippen LogP contribution in [-0.4, -0.2) is 36.9 Å². The Labute approximate surface area is 150 Å². The molecule has 2 heterocycles. The molecule has 5 nitrogen and oxygen atoms in total. The maximum atomic E-state index is 13.3. The van der Waals surface area contributed by atoms with Crippen LogP contribution in [0, 0.1) is 0 Å². The van der Waals surface area contributed by atoms with E-state index in [0.29, 0.717) is 13.1 Å². The average Bonchev–Trinajstić information content (AvgIpc) is 3.30. The molecule has 0 saturated carbocycles. The fourth-order valence-electron chi connectivity index (χ4n) is 3.80. The van der Waals surface area contributed by atoms with Crippen molar-refractivity contribution in [2.45, 2.75) is 24.8 Å². The highest BCUT2D eigenvalue weighted by atomic mass is 32.1. The zero-order valence-corrected chi connectivity index (χ0v) is 14.8. The number of ether oxygens (including phenoxy) is 1. The van der Waals surface area contributed by atoms with E-state index >= 15 is 0 Å². The first kappa shape index (κ1) is 16.1. The number of carbonyl (C=O) groups excluding carboxylic acids is 2. The summed E-state index contributed by atoms with van der Waals surface area (Å²) in [7, 11) is 1.63. The molecule has 0 spiro atoms. The Hall–Kier alpha value is -2.34. The second-order valence-electron chi connectivity index (χ2n) is 6.40. The van der Waals surface area contributed by atoms with Gasteiger partial charge in [0.05, 0.1) is 13.0 Å². The van der Waals surface area contributed by atoms with Gasteiger partial charge in [-0.2, -0.15) is 0 Å². The molecule has 1 fully saturated rings. The summed E-state index contributed by atoms with van der Waals surface area (Å²) in [6.45, 7) is 1.05. The lowest BCUT2D eigenvalue weighted by Crippen LogP contribution is -2.52. The Morgan fingerprint density at radius 2 is 2.24 bits per heavy atom. The number of aryl methyl sites for hydroxylation is 1. The van der Waals surface area contributed by atoms with Crippen LogP contribution in [-0.2, 0) is 16.0 Å². The molecule has 0 bridgehead atoms. The van der Waals surface area contributed by atoms with Crippen LogP contribution in [0.3, 0.4) is 0 Å². The predicted octanol–water partition coefficient (Wildman–Crippen LogP) is 2.49. The predicted molar refractivity (Wildman–Crippen MR) is 95.8 cm³/mol. The molecule has 0 radical (unpaired) electrons. The summed E-state index contributed by atoms with van der Waals surface area (Å²) in [5, 5.41) is 4.83. The zero-order valence-electron chi connectivity index (χ0n) is 14.0. The SMILES string of the molecule is COc1ccc2c(c1)C(C(=O)N1CCNC(=O)C1c1cccs1)CC2. The molecule has 1 aromatic heterocycles. The van der Waals surface area contributed by atoms with Crippen LogP contribution in [0.15, 0.2) is 35.7 Å². The highest BCUT2D eigenvalue weighted by Gasteiger charge is 2.40. The number of hydrogen-bond donors (Lipinski definition) is 1. The fourth-order valence-corrected chi connectivity index (χ4v) is 4.63. The summed E-state index contributed by atoms with van der Waals surface area (Å²) < 4.78 is 5.32. The molecule has 25 heavy (non-hydrogen) atoms. The third-order valence-corrected chi connectivity index (χ3v) is 5.96. The Morgan fingerprint density at radius 1 is 1.36 bits per heavy atom. The number of rotatable bonds is 3. The van der Waals surface area contributed by atoms with Gasteiger partial charge < -0.3 is 15.0 Å². The number of thiophene rings is 1. The van der Waals surface area contributed by atoms with Gasteiger partial charge >= 0.3 is 0 Å². The molecule has 130 valence electrons. The molecule has 1 aliphatic heterocycles. The number of benzene rings is 1. The van der Waals surface area contributed by atoms with Crippen LogP contribution in [0.2, 0.25) is 0 Å². The first-order valence-electron chi connectivity index (χ1n) is 8.47. The number of hydrogen-bond acceptors (Lipinski definition) is 4. The molecular weight excluding hydrogens is 336 g/mol. The van der Waals surface area contributed by atoms with Crippen molar-refractivity contribution in [2.75, 3.05) is 20.2 Å². The number of piperazine rings is 1. The molecule has 1 aliphatic carbocycles. The van der Waals surface area contributed by atoms with E-state index in [1.165, 1.54) is 16.9 Å². The largest absolute Gasteiger partial charge is 0.497 e. The van der Waals surface area contributed by atoms with Gasteiger partial charge in [-0.05, 0) is 47.5 Å². The molecule has 4 rings (SSSR count). The highest BCUT2D eigenvalue weighted by Crippen LogP contribution is 2.39. The number of nitrogens with zero attached hydrogens (tertiary/aromatic N) is 1. The average molecular weight is 356 g/mol. The molecule has 2 aliphatic rings. The van der Waals surface area contributed by atoms with Crippen molar-refractivity contribution in [1.82, 2.24) is 10.2 Å². The molecule has 1 N–H and O–H groups in total. The maximum Gasteiger partial charge on any atom is 0.248 e. The van der Waals surface area contributed by atoms with E-state index in [1.807, 2.05) is 35.7 Å². The normalized spacial score (nSPS) is 22.4. The van der Waals surface area contributed by atoms with Gasteiger partial charge in [0.1, 0.15) is 11.8 Å². The van der Waals surface area contributed by atoms with Gasteiger partial charge in [-0.25, -0.2) is 0 Å². The lowest BCUT2D eigenvalue weighted by atomic mass is 9.97. The highest BCUT2D eigenvalue weighted by molar-refractivity contribution is 7.10. The maximum absolute atomic E-state index is 13.3. The number of methoxy groups -OCH3 is 1. The Balaban J connectivity index is 1.66. The summed E-state index contributed by atoms with van der Waals surface area (Å²) in [6.07, 6.45) is 1.68. The van der Waals surface area contributed by atoms with Crippen molar-refractivity contribution in [3.8, 4) is 5.75 Å². The van der Waals surface area contributed by atoms with E-state index in [2.05, 4.69) is 5.32 Å². The standard InChI is InChI=1S/C19H20N2O3S/c1-24-13-6-4-12-5-7-14(15(12)11-13)19(23)21-9-8-20-18(22)17(21)16-3-2-10-25-16/h2-4,6,10-11,14,17H,5,7-9H2,1H3,(H,20,22). The molecule has 1 aromatic carbocycles. The number of carbonyl (C=O) groups is 2. The Kier molecular flexibility index (Phi) is 4.21. The first-order chi connectivity index (χ1) is 12.2. The van der Waals surface area contributed by atoms with Gasteiger partial charge in [0.15, 0.2) is 0 Å². The van der Waals surface area contributed by atoms with E-state index in [1.54, 1.807) is 12.0 Å². The molecular formula is C19H20N2O3S. The van der Waals surface area contributed by atoms with Crippen molar-refractivity contribution in [2.24, 2.45) is 0 Å². The van der Waals surface area contributed by atoms with Crippen LogP contribution >= 0.6 is 11.3 Å². The summed E-state index contributed by atoms with van der Waals surface area (Å²) in [4.78, 5) is 28.4. The van der Waals surface area contributed by atoms with Gasteiger partial charge in [0, 0.05) is 18.0 Å². The lowest BCUT2D eigenvalue weighted by Gasteiger charge is -2.36. The Morgan fingerprint density at radius 3 is 3.00 bits per heavy atom. The quantitative estimate of drug-likeness (QED) is 0.919. The molecule has 2 atom stereocenters. The molecule has 2 unspecified atom stereocenters. The molecule has 2 amide bonds. The van der Waals surface area contributed by atoms with E-state index in [9.17, 15) is 9.59 Å². The van der Waals surface area contributed by atoms with E-state index in [4.69, 9.17) is 4.74 Å². The smallest absolute Gasteiger partial charge is 0.248 e. The van der Waals surface area contributed by atoms with E-state index < -0.39 is 6.04 Å². The van der Waals surface area contributed by atoms with Crippen molar-refractivity contribution < 1.29 is 14.3 Å². The van der Waals surface area contributed by atoms with Crippen LogP contribution in [0.4, 0.5) is 0 Å². The van der Waals surface area contributed by atoms with Crippen LogP contribution < -0.4 is 10.1 Å². The third-order valence-electron chi connectivity index (χ3n) is 5.04. The lowest BCUT2D eigenvalue weighted by molar-refractivity contribution is -0.144. The van der Waals surface area contributed by atoms with Gasteiger partial charge in [-0.1, -0.05) is 12.1 Å². The fraction of sp³-hybridized carbons (Fsp3) is 0.368. The summed E-state index contributed by atoms with van der Waals surface area (Å²) in [6, 6.07) is 9.27. The van der Waals surface area contributed by atoms with E-state index in [0.717, 1.165) is 29.0 Å². The van der Waals surface area contributed by atoms with Gasteiger partial charge in [-0.15, -0.1) is 11.3 Å². The van der Waals surface area contributed by atoms with Gasteiger partial charge in [0.25, 0.3) is 0 Å². The molecule has 2 aromatic rings. The number of amides is 2. The summed E-state index contributed by atoms with van der Waals surface area (Å²) in [5.74, 6) is 0.522. The first-order valence-corrected chi connectivity index (χ1v) is 9.35. The van der Waals surface area contributed by atoms with Gasteiger partial charge in [0.2, 0.25) is 11.8 Å². The zero-order chi connectivity index (χ0) is 17.4. The monoisotopic (exact) mass is 356 g/mol. The Bertz CT molecular complexity index is 803. The molecule has 1 saturated heterocycles. The minimum absolute atomic E-state index is 0.0419. The number of nitrogens with one attached hydrogen (secondary N) is 1. The summed E-state index contributed by atoms with van der Waals surface area (Å²) in [5.41, 5.74) is 2.24. The molecule has 6 heteroatoms. The van der Waals surface area contributed by atoms with Crippen LogP contribution in [0.5, 0.6) is 5.75 Å². The minimum atomic E-state index is -0.518. The van der Waals surface area contributed by atoms with Gasteiger partial charge in [-0.3, -0.25) is 9.59 Å². The van der Waals surface area contributed by atoms with E-state index in [-0.39, 0.29) is 17.7 Å². The van der Waals surface area contributed by atoms with Crippen molar-refractivity contribution >= 4 is 23.2 Å². The minimum Gasteiger partial charge on any atom is -0.497 e. The van der Waals surface area contributed by atoms with Crippen molar-refractivity contribution in [3.05, 3.63) is 51.7 Å². The van der Waals surface area contributed by atoms with Crippen molar-refractivity contribution in [1.29, 1.82) is 0 Å². The third kappa shape index (κ3) is 2.80. The van der Waals surface area contributed by atoms with Crippen LogP contribution in [0.25, 0.3) is 0 Å². The summed E-state index contributed by atoms with van der Waals surface area (Å²) >= 11 is 1.51. The second kappa shape index (κ2) is 6.52.